The largest absolute Gasteiger partial charge is 0.321 e. The van der Waals surface area contributed by atoms with Crippen molar-refractivity contribution in [3.63, 3.8) is 0 Å². The van der Waals surface area contributed by atoms with Crippen molar-refractivity contribution >= 4 is 11.6 Å². The highest BCUT2D eigenvalue weighted by molar-refractivity contribution is 6.04. The van der Waals surface area contributed by atoms with Crippen molar-refractivity contribution in [1.29, 1.82) is 0 Å². The fraction of sp³-hybridized carbons (Fsp3) is 0.0769. The van der Waals surface area contributed by atoms with Crippen LogP contribution in [0.4, 0.5) is 14.5 Å². The predicted molar refractivity (Wildman–Crippen MR) is 66.0 cm³/mol. The molecule has 1 aromatic carbocycles. The average molecular weight is 264 g/mol. The van der Waals surface area contributed by atoms with Crippen molar-refractivity contribution < 1.29 is 13.6 Å². The molecule has 0 aliphatic rings. The lowest BCUT2D eigenvalue weighted by Crippen LogP contribution is -2.18. The number of rotatable bonds is 2. The van der Waals surface area contributed by atoms with Crippen molar-refractivity contribution in [3.8, 4) is 0 Å². The molecular weight excluding hydrogens is 254 g/mol. The second-order valence-corrected chi connectivity index (χ2v) is 3.95. The summed E-state index contributed by atoms with van der Waals surface area (Å²) in [4.78, 5) is 22.9. The summed E-state index contributed by atoms with van der Waals surface area (Å²) in [6.07, 6.45) is 1.40. The number of carbonyl (C=O) groups excluding carboxylic acids is 1. The Labute approximate surface area is 107 Å². The first-order chi connectivity index (χ1) is 8.97. The van der Waals surface area contributed by atoms with Crippen LogP contribution in [-0.2, 0) is 7.05 Å². The SMILES string of the molecule is Cn1cc(NC(=O)c2ccc(F)cc2F)ccc1=O. The Morgan fingerprint density at radius 2 is 1.95 bits per heavy atom. The van der Waals surface area contributed by atoms with Crippen molar-refractivity contribution in [2.75, 3.05) is 5.32 Å². The van der Waals surface area contributed by atoms with Gasteiger partial charge in [-0.05, 0) is 18.2 Å². The summed E-state index contributed by atoms with van der Waals surface area (Å²) in [7, 11) is 1.52. The van der Waals surface area contributed by atoms with Gasteiger partial charge in [0.05, 0.1) is 11.3 Å². The molecule has 4 nitrogen and oxygen atoms in total. The van der Waals surface area contributed by atoms with E-state index in [1.165, 1.54) is 29.9 Å². The van der Waals surface area contributed by atoms with E-state index in [2.05, 4.69) is 5.32 Å². The van der Waals surface area contributed by atoms with Crippen LogP contribution in [0.25, 0.3) is 0 Å². The molecule has 0 radical (unpaired) electrons. The van der Waals surface area contributed by atoms with E-state index in [9.17, 15) is 18.4 Å². The van der Waals surface area contributed by atoms with Crippen LogP contribution >= 0.6 is 0 Å². The number of nitrogens with zero attached hydrogens (tertiary/aromatic N) is 1. The van der Waals surface area contributed by atoms with Crippen molar-refractivity contribution in [2.24, 2.45) is 7.05 Å². The Morgan fingerprint density at radius 3 is 2.58 bits per heavy atom. The van der Waals surface area contributed by atoms with E-state index < -0.39 is 17.5 Å². The van der Waals surface area contributed by atoms with Gasteiger partial charge in [-0.2, -0.15) is 0 Å². The zero-order valence-electron chi connectivity index (χ0n) is 9.98. The molecule has 0 bridgehead atoms. The fourth-order valence-corrected chi connectivity index (χ4v) is 1.54. The molecule has 19 heavy (non-hydrogen) atoms. The Morgan fingerprint density at radius 1 is 1.21 bits per heavy atom. The number of halogens is 2. The van der Waals surface area contributed by atoms with Gasteiger partial charge in [0.2, 0.25) is 5.56 Å². The molecule has 0 atom stereocenters. The number of aryl methyl sites for hydroxylation is 1. The zero-order chi connectivity index (χ0) is 14.0. The summed E-state index contributed by atoms with van der Waals surface area (Å²) in [6, 6.07) is 5.37. The highest BCUT2D eigenvalue weighted by Gasteiger charge is 2.12. The fourth-order valence-electron chi connectivity index (χ4n) is 1.54. The maximum atomic E-state index is 13.4. The highest BCUT2D eigenvalue weighted by Crippen LogP contribution is 2.12. The summed E-state index contributed by atoms with van der Waals surface area (Å²) >= 11 is 0. The second-order valence-electron chi connectivity index (χ2n) is 3.95. The minimum absolute atomic E-state index is 0.231. The van der Waals surface area contributed by atoms with Crippen LogP contribution in [0.15, 0.2) is 41.3 Å². The standard InChI is InChI=1S/C13H10F2N2O2/c1-17-7-9(3-5-12(17)18)16-13(19)10-4-2-8(14)6-11(10)15/h2-7H,1H3,(H,16,19). The summed E-state index contributed by atoms with van der Waals surface area (Å²) in [5, 5.41) is 2.43. The Kier molecular flexibility index (Phi) is 3.41. The van der Waals surface area contributed by atoms with E-state index in [1.54, 1.807) is 0 Å². The Bertz CT molecular complexity index is 695. The molecule has 0 unspecified atom stereocenters. The van der Waals surface area contributed by atoms with Gasteiger partial charge in [0.15, 0.2) is 0 Å². The second kappa shape index (κ2) is 5.01. The van der Waals surface area contributed by atoms with E-state index in [-0.39, 0.29) is 11.1 Å². The summed E-state index contributed by atoms with van der Waals surface area (Å²) in [6.45, 7) is 0. The highest BCUT2D eigenvalue weighted by atomic mass is 19.1. The van der Waals surface area contributed by atoms with E-state index in [0.29, 0.717) is 11.8 Å². The van der Waals surface area contributed by atoms with Crippen LogP contribution in [0.2, 0.25) is 0 Å². The summed E-state index contributed by atoms with van der Waals surface area (Å²) < 4.78 is 27.4. The summed E-state index contributed by atoms with van der Waals surface area (Å²) in [5.74, 6) is -2.41. The minimum Gasteiger partial charge on any atom is -0.321 e. The van der Waals surface area contributed by atoms with E-state index in [0.717, 1.165) is 12.1 Å². The number of amides is 1. The smallest absolute Gasteiger partial charge is 0.258 e. The topological polar surface area (TPSA) is 51.1 Å². The minimum atomic E-state index is -0.942. The molecule has 2 aromatic rings. The van der Waals surface area contributed by atoms with Crippen LogP contribution in [0.5, 0.6) is 0 Å². The molecule has 6 heteroatoms. The van der Waals surface area contributed by atoms with Gasteiger partial charge < -0.3 is 9.88 Å². The van der Waals surface area contributed by atoms with Gasteiger partial charge in [0.1, 0.15) is 11.6 Å². The molecule has 1 N–H and O–H groups in total. The molecule has 0 aliphatic carbocycles. The van der Waals surface area contributed by atoms with Crippen LogP contribution in [-0.4, -0.2) is 10.5 Å². The van der Waals surface area contributed by atoms with Gasteiger partial charge in [-0.15, -0.1) is 0 Å². The van der Waals surface area contributed by atoms with E-state index >= 15 is 0 Å². The molecule has 0 aliphatic heterocycles. The first-order valence-electron chi connectivity index (χ1n) is 5.40. The number of hydrogen-bond donors (Lipinski definition) is 1. The Hall–Kier alpha value is -2.50. The maximum Gasteiger partial charge on any atom is 0.258 e. The van der Waals surface area contributed by atoms with Gasteiger partial charge in [-0.1, -0.05) is 0 Å². The number of anilines is 1. The summed E-state index contributed by atoms with van der Waals surface area (Å²) in [5.41, 5.74) is -0.156. The molecule has 0 saturated carbocycles. The third-order valence-electron chi connectivity index (χ3n) is 2.52. The first-order valence-corrected chi connectivity index (χ1v) is 5.40. The number of carbonyl (C=O) groups is 1. The molecule has 2 rings (SSSR count). The monoisotopic (exact) mass is 264 g/mol. The number of hydrogen-bond acceptors (Lipinski definition) is 2. The molecule has 1 aromatic heterocycles. The molecule has 0 saturated heterocycles. The average Bonchev–Trinajstić information content (AvgIpc) is 2.33. The molecule has 0 fully saturated rings. The maximum absolute atomic E-state index is 13.4. The number of aromatic nitrogens is 1. The van der Waals surface area contributed by atoms with Crippen LogP contribution in [0.3, 0.4) is 0 Å². The van der Waals surface area contributed by atoms with E-state index in [4.69, 9.17) is 0 Å². The van der Waals surface area contributed by atoms with Crippen molar-refractivity contribution in [3.05, 3.63) is 64.1 Å². The van der Waals surface area contributed by atoms with Gasteiger partial charge in [0, 0.05) is 25.4 Å². The van der Waals surface area contributed by atoms with Crippen molar-refractivity contribution in [1.82, 2.24) is 4.57 Å². The molecule has 1 heterocycles. The lowest BCUT2D eigenvalue weighted by molar-refractivity contribution is 0.102. The van der Waals surface area contributed by atoms with Crippen LogP contribution in [0, 0.1) is 11.6 Å². The van der Waals surface area contributed by atoms with Gasteiger partial charge >= 0.3 is 0 Å². The molecule has 1 amide bonds. The van der Waals surface area contributed by atoms with Crippen molar-refractivity contribution in [2.45, 2.75) is 0 Å². The number of benzene rings is 1. The van der Waals surface area contributed by atoms with E-state index in [1.807, 2.05) is 0 Å². The lowest BCUT2D eigenvalue weighted by atomic mass is 10.2. The number of nitrogens with one attached hydrogen (secondary N) is 1. The normalized spacial score (nSPS) is 10.3. The van der Waals surface area contributed by atoms with Crippen LogP contribution < -0.4 is 10.9 Å². The quantitative estimate of drug-likeness (QED) is 0.900. The molecule has 0 spiro atoms. The van der Waals surface area contributed by atoms with Gasteiger partial charge in [-0.3, -0.25) is 9.59 Å². The third kappa shape index (κ3) is 2.85. The zero-order valence-corrected chi connectivity index (χ0v) is 9.98. The van der Waals surface area contributed by atoms with Gasteiger partial charge in [0.25, 0.3) is 5.91 Å². The molecular formula is C13H10F2N2O2. The third-order valence-corrected chi connectivity index (χ3v) is 2.52. The Balaban J connectivity index is 2.25. The van der Waals surface area contributed by atoms with Gasteiger partial charge in [-0.25, -0.2) is 8.78 Å². The first kappa shape index (κ1) is 12.9. The predicted octanol–water partition coefficient (Wildman–Crippen LogP) is 1.92. The lowest BCUT2D eigenvalue weighted by Gasteiger charge is -2.07. The molecule has 98 valence electrons. The van der Waals surface area contributed by atoms with Crippen LogP contribution in [0.1, 0.15) is 10.4 Å². The number of pyridine rings is 1.